The molecule has 2 heterocycles. The topological polar surface area (TPSA) is 118 Å². The van der Waals surface area contributed by atoms with E-state index in [0.29, 0.717) is 24.0 Å². The van der Waals surface area contributed by atoms with Crippen molar-refractivity contribution in [2.75, 3.05) is 24.1 Å². The predicted molar refractivity (Wildman–Crippen MR) is 112 cm³/mol. The molecule has 0 saturated carbocycles. The Balaban J connectivity index is 1.53. The molecular formula is C20H28FN7O2. The van der Waals surface area contributed by atoms with Crippen LogP contribution in [-0.2, 0) is 11.3 Å². The molecule has 1 saturated heterocycles. The van der Waals surface area contributed by atoms with E-state index in [4.69, 9.17) is 10.5 Å². The first-order valence-corrected chi connectivity index (χ1v) is 9.91. The molecule has 0 spiro atoms. The molecule has 10 heteroatoms. The Hall–Kier alpha value is -3.01. The zero-order valence-corrected chi connectivity index (χ0v) is 17.5. The Bertz CT molecular complexity index is 862. The lowest BCUT2D eigenvalue weighted by Crippen LogP contribution is -2.46. The van der Waals surface area contributed by atoms with Gasteiger partial charge in [0.1, 0.15) is 17.2 Å². The number of halogens is 1. The van der Waals surface area contributed by atoms with Gasteiger partial charge in [-0.1, -0.05) is 0 Å². The van der Waals surface area contributed by atoms with Crippen molar-refractivity contribution in [3.05, 3.63) is 35.9 Å². The zero-order chi connectivity index (χ0) is 21.7. The molecule has 162 valence electrons. The van der Waals surface area contributed by atoms with Gasteiger partial charge in [-0.2, -0.15) is 15.0 Å². The van der Waals surface area contributed by atoms with E-state index in [1.54, 1.807) is 12.1 Å². The molecule has 2 aromatic rings. The van der Waals surface area contributed by atoms with E-state index in [1.807, 2.05) is 20.8 Å². The average Bonchev–Trinajstić information content (AvgIpc) is 2.63. The first-order valence-electron chi connectivity index (χ1n) is 9.91. The third-order valence-electron chi connectivity index (χ3n) is 4.47. The number of ether oxygens (including phenoxy) is 1. The number of anilines is 3. The minimum Gasteiger partial charge on any atom is -0.444 e. The van der Waals surface area contributed by atoms with Crippen LogP contribution in [0.4, 0.5) is 26.8 Å². The van der Waals surface area contributed by atoms with Crippen molar-refractivity contribution in [1.29, 1.82) is 0 Å². The molecule has 1 aliphatic heterocycles. The Morgan fingerprint density at radius 1 is 1.20 bits per heavy atom. The van der Waals surface area contributed by atoms with Crippen LogP contribution in [0.1, 0.15) is 39.4 Å². The minimum absolute atomic E-state index is 0.0789. The van der Waals surface area contributed by atoms with Gasteiger partial charge in [0.15, 0.2) is 0 Å². The van der Waals surface area contributed by atoms with Gasteiger partial charge in [-0.25, -0.2) is 9.18 Å². The minimum atomic E-state index is -0.511. The third kappa shape index (κ3) is 6.80. The number of aromatic nitrogens is 3. The monoisotopic (exact) mass is 417 g/mol. The van der Waals surface area contributed by atoms with Gasteiger partial charge in [0.05, 0.1) is 6.54 Å². The maximum Gasteiger partial charge on any atom is 0.407 e. The molecule has 1 amide bonds. The van der Waals surface area contributed by atoms with Gasteiger partial charge in [0, 0.05) is 24.8 Å². The first kappa shape index (κ1) is 21.7. The summed E-state index contributed by atoms with van der Waals surface area (Å²) >= 11 is 0. The summed E-state index contributed by atoms with van der Waals surface area (Å²) in [6.07, 6.45) is 1.23. The number of hydrogen-bond donors (Lipinski definition) is 3. The molecule has 3 rings (SSSR count). The highest BCUT2D eigenvalue weighted by Gasteiger charge is 2.24. The molecule has 1 aromatic carbocycles. The Kier molecular flexibility index (Phi) is 6.66. The maximum absolute atomic E-state index is 13.1. The predicted octanol–water partition coefficient (Wildman–Crippen LogP) is 2.83. The van der Waals surface area contributed by atoms with E-state index in [-0.39, 0.29) is 23.9 Å². The van der Waals surface area contributed by atoms with Crippen molar-refractivity contribution in [2.45, 2.75) is 51.8 Å². The summed E-state index contributed by atoms with van der Waals surface area (Å²) in [5.74, 6) is 0.656. The molecule has 9 nitrogen and oxygen atoms in total. The number of alkyl carbamates (subject to hydrolysis) is 1. The van der Waals surface area contributed by atoms with Crippen LogP contribution in [0.25, 0.3) is 0 Å². The molecule has 0 atom stereocenters. The number of carbonyl (C=O) groups excluding carboxylic acids is 1. The second kappa shape index (κ2) is 9.21. The first-order chi connectivity index (χ1) is 14.2. The van der Waals surface area contributed by atoms with Crippen LogP contribution in [0.15, 0.2) is 24.3 Å². The number of nitrogens with two attached hydrogens (primary N) is 1. The van der Waals surface area contributed by atoms with Crippen molar-refractivity contribution in [3.8, 4) is 0 Å². The van der Waals surface area contributed by atoms with Crippen molar-refractivity contribution >= 4 is 23.7 Å². The van der Waals surface area contributed by atoms with Crippen LogP contribution in [0, 0.1) is 5.82 Å². The lowest BCUT2D eigenvalue weighted by Gasteiger charge is -2.32. The van der Waals surface area contributed by atoms with Gasteiger partial charge in [-0.15, -0.1) is 0 Å². The van der Waals surface area contributed by atoms with E-state index in [2.05, 4.69) is 30.5 Å². The number of benzene rings is 1. The van der Waals surface area contributed by atoms with Gasteiger partial charge in [-0.3, -0.25) is 4.90 Å². The standard InChI is InChI=1S/C20H28FN7O2/c1-20(2,3)30-19(29)24-15-8-10-28(11-9-15)12-16-25-17(22)27-18(26-16)23-14-6-4-13(21)5-7-14/h4-7,15H,8-12H2,1-3H3,(H,24,29)(H3,22,23,25,26,27). The fraction of sp³-hybridized carbons (Fsp3) is 0.500. The second-order valence-corrected chi connectivity index (χ2v) is 8.26. The summed E-state index contributed by atoms with van der Waals surface area (Å²) in [7, 11) is 0. The number of rotatable bonds is 5. The number of nitrogens with zero attached hydrogens (tertiary/aromatic N) is 4. The summed E-state index contributed by atoms with van der Waals surface area (Å²) in [4.78, 5) is 26.8. The van der Waals surface area contributed by atoms with E-state index in [9.17, 15) is 9.18 Å². The molecule has 0 radical (unpaired) electrons. The average molecular weight is 417 g/mol. The highest BCUT2D eigenvalue weighted by Crippen LogP contribution is 2.17. The number of likely N-dealkylation sites (tertiary alicyclic amines) is 1. The number of nitrogens with one attached hydrogen (secondary N) is 2. The van der Waals surface area contributed by atoms with Crippen LogP contribution in [0.3, 0.4) is 0 Å². The second-order valence-electron chi connectivity index (χ2n) is 8.26. The largest absolute Gasteiger partial charge is 0.444 e. The molecular weight excluding hydrogens is 389 g/mol. The van der Waals surface area contributed by atoms with Crippen molar-refractivity contribution in [1.82, 2.24) is 25.2 Å². The van der Waals surface area contributed by atoms with E-state index >= 15 is 0 Å². The lowest BCUT2D eigenvalue weighted by atomic mass is 10.1. The van der Waals surface area contributed by atoms with Crippen LogP contribution in [-0.4, -0.2) is 50.7 Å². The molecule has 1 aliphatic rings. The van der Waals surface area contributed by atoms with Crippen LogP contribution >= 0.6 is 0 Å². The summed E-state index contributed by atoms with van der Waals surface area (Å²) in [6.45, 7) is 7.61. The van der Waals surface area contributed by atoms with E-state index in [0.717, 1.165) is 25.9 Å². The Morgan fingerprint density at radius 3 is 2.50 bits per heavy atom. The Labute approximate surface area is 175 Å². The van der Waals surface area contributed by atoms with E-state index < -0.39 is 5.60 Å². The molecule has 30 heavy (non-hydrogen) atoms. The SMILES string of the molecule is CC(C)(C)OC(=O)NC1CCN(Cc2nc(N)nc(Nc3ccc(F)cc3)n2)CC1. The highest BCUT2D eigenvalue weighted by molar-refractivity contribution is 5.68. The molecule has 4 N–H and O–H groups in total. The van der Waals surface area contributed by atoms with Crippen molar-refractivity contribution in [3.63, 3.8) is 0 Å². The lowest BCUT2D eigenvalue weighted by molar-refractivity contribution is 0.0477. The third-order valence-corrected chi connectivity index (χ3v) is 4.47. The highest BCUT2D eigenvalue weighted by atomic mass is 19.1. The summed E-state index contributed by atoms with van der Waals surface area (Å²) in [5, 5.41) is 5.93. The fourth-order valence-corrected chi connectivity index (χ4v) is 3.14. The molecule has 1 aromatic heterocycles. The summed E-state index contributed by atoms with van der Waals surface area (Å²) < 4.78 is 18.4. The van der Waals surface area contributed by atoms with Gasteiger partial charge in [0.25, 0.3) is 0 Å². The normalized spacial score (nSPS) is 15.6. The van der Waals surface area contributed by atoms with Crippen LogP contribution in [0.5, 0.6) is 0 Å². The smallest absolute Gasteiger partial charge is 0.407 e. The van der Waals surface area contributed by atoms with Gasteiger partial charge in [0.2, 0.25) is 11.9 Å². The molecule has 0 bridgehead atoms. The van der Waals surface area contributed by atoms with Gasteiger partial charge in [-0.05, 0) is 57.9 Å². The molecule has 0 unspecified atom stereocenters. The zero-order valence-electron chi connectivity index (χ0n) is 17.5. The molecule has 0 aliphatic carbocycles. The number of carbonyl (C=O) groups is 1. The number of amides is 1. The fourth-order valence-electron chi connectivity index (χ4n) is 3.14. The number of hydrogen-bond acceptors (Lipinski definition) is 8. The van der Waals surface area contributed by atoms with Gasteiger partial charge < -0.3 is 21.1 Å². The number of piperidine rings is 1. The van der Waals surface area contributed by atoms with Crippen molar-refractivity contribution in [2.24, 2.45) is 0 Å². The van der Waals surface area contributed by atoms with E-state index in [1.165, 1.54) is 12.1 Å². The maximum atomic E-state index is 13.1. The Morgan fingerprint density at radius 2 is 1.87 bits per heavy atom. The molecule has 1 fully saturated rings. The summed E-state index contributed by atoms with van der Waals surface area (Å²) in [5.41, 5.74) is 5.97. The van der Waals surface area contributed by atoms with Gasteiger partial charge >= 0.3 is 6.09 Å². The van der Waals surface area contributed by atoms with Crippen LogP contribution < -0.4 is 16.4 Å². The number of nitrogen functional groups attached to an aromatic ring is 1. The summed E-state index contributed by atoms with van der Waals surface area (Å²) in [6, 6.07) is 5.97. The van der Waals surface area contributed by atoms with Crippen molar-refractivity contribution < 1.29 is 13.9 Å². The quantitative estimate of drug-likeness (QED) is 0.680. The van der Waals surface area contributed by atoms with Crippen LogP contribution in [0.2, 0.25) is 0 Å².